The van der Waals surface area contributed by atoms with Crippen molar-refractivity contribution in [2.75, 3.05) is 37.5 Å². The van der Waals surface area contributed by atoms with Crippen molar-refractivity contribution < 1.29 is 14.6 Å². The minimum Gasteiger partial charge on any atom is -0.466 e. The first-order chi connectivity index (χ1) is 9.02. The Kier molecular flexibility index (Phi) is 6.15. The van der Waals surface area contributed by atoms with Gasteiger partial charge in [-0.15, -0.1) is 0 Å². The molecule has 0 heterocycles. The Labute approximate surface area is 114 Å². The van der Waals surface area contributed by atoms with Gasteiger partial charge in [0.25, 0.3) is 0 Å². The number of aliphatic hydroxyl groups is 1. The largest absolute Gasteiger partial charge is 0.466 e. The summed E-state index contributed by atoms with van der Waals surface area (Å²) in [5.41, 5.74) is 2.02. The minimum absolute atomic E-state index is 0.0105. The van der Waals surface area contributed by atoms with Gasteiger partial charge in [0.1, 0.15) is 0 Å². The van der Waals surface area contributed by atoms with Gasteiger partial charge in [-0.25, -0.2) is 0 Å². The summed E-state index contributed by atoms with van der Waals surface area (Å²) < 4.78 is 4.77. The van der Waals surface area contributed by atoms with Crippen LogP contribution in [0.4, 0.5) is 11.4 Å². The molecule has 1 atom stereocenters. The van der Waals surface area contributed by atoms with Gasteiger partial charge in [0.05, 0.1) is 19.1 Å². The number of aliphatic hydroxyl groups excluding tert-OH is 1. The van der Waals surface area contributed by atoms with E-state index in [-0.39, 0.29) is 12.4 Å². The van der Waals surface area contributed by atoms with Gasteiger partial charge in [-0.2, -0.15) is 0 Å². The van der Waals surface area contributed by atoms with Gasteiger partial charge in [-0.05, 0) is 31.2 Å². The Morgan fingerprint density at radius 1 is 1.37 bits per heavy atom. The van der Waals surface area contributed by atoms with Gasteiger partial charge < -0.3 is 20.1 Å². The fraction of sp³-hybridized carbons (Fsp3) is 0.500. The van der Waals surface area contributed by atoms with E-state index in [1.165, 1.54) is 0 Å². The molecule has 5 nitrogen and oxygen atoms in total. The molecule has 0 saturated heterocycles. The lowest BCUT2D eigenvalue weighted by atomic mass is 10.2. The van der Waals surface area contributed by atoms with Gasteiger partial charge in [0.2, 0.25) is 0 Å². The predicted molar refractivity (Wildman–Crippen MR) is 76.5 cm³/mol. The molecule has 0 spiro atoms. The van der Waals surface area contributed by atoms with Gasteiger partial charge in [-0.3, -0.25) is 4.79 Å². The molecule has 0 saturated carbocycles. The molecule has 0 radical (unpaired) electrons. The summed E-state index contributed by atoms with van der Waals surface area (Å²) in [6.07, 6.45) is -0.732. The van der Waals surface area contributed by atoms with Crippen LogP contribution < -0.4 is 10.2 Å². The first-order valence-electron chi connectivity index (χ1n) is 6.38. The number of carbonyl (C=O) groups is 1. The van der Waals surface area contributed by atoms with E-state index in [1.54, 1.807) is 6.92 Å². The van der Waals surface area contributed by atoms with Crippen LogP contribution >= 0.6 is 0 Å². The standard InChI is InChI=1S/C14H22N2O3/c1-4-19-14(18)9-13(17)10-15-11-5-7-12(8-6-11)16(2)3/h5-8,13,15,17H,4,9-10H2,1-3H3. The molecule has 106 valence electrons. The Hall–Kier alpha value is -1.75. The molecule has 0 bridgehead atoms. The quantitative estimate of drug-likeness (QED) is 0.732. The number of benzene rings is 1. The lowest BCUT2D eigenvalue weighted by Gasteiger charge is -2.15. The summed E-state index contributed by atoms with van der Waals surface area (Å²) in [4.78, 5) is 13.2. The third-order valence-electron chi connectivity index (χ3n) is 2.63. The molecule has 0 aliphatic heterocycles. The van der Waals surface area contributed by atoms with E-state index in [4.69, 9.17) is 4.74 Å². The van der Waals surface area contributed by atoms with Crippen molar-refractivity contribution in [2.45, 2.75) is 19.4 Å². The number of carbonyl (C=O) groups excluding carboxylic acids is 1. The number of ether oxygens (including phenoxy) is 1. The number of nitrogens with zero attached hydrogens (tertiary/aromatic N) is 1. The second-order valence-electron chi connectivity index (χ2n) is 4.49. The number of hydrogen-bond donors (Lipinski definition) is 2. The highest BCUT2D eigenvalue weighted by molar-refractivity contribution is 5.70. The van der Waals surface area contributed by atoms with Gasteiger partial charge in [0.15, 0.2) is 0 Å². The molecule has 5 heteroatoms. The van der Waals surface area contributed by atoms with Crippen molar-refractivity contribution in [3.8, 4) is 0 Å². The average molecular weight is 266 g/mol. The van der Waals surface area contributed by atoms with E-state index in [9.17, 15) is 9.90 Å². The van der Waals surface area contributed by atoms with Gasteiger partial charge in [0, 0.05) is 32.0 Å². The molecule has 0 fully saturated rings. The van der Waals surface area contributed by atoms with E-state index in [0.29, 0.717) is 13.2 Å². The monoisotopic (exact) mass is 266 g/mol. The maximum absolute atomic E-state index is 11.2. The third-order valence-corrected chi connectivity index (χ3v) is 2.63. The molecule has 0 aliphatic rings. The lowest BCUT2D eigenvalue weighted by Crippen LogP contribution is -2.23. The Bertz CT molecular complexity index is 390. The van der Waals surface area contributed by atoms with Crippen molar-refractivity contribution in [1.82, 2.24) is 0 Å². The van der Waals surface area contributed by atoms with Crippen LogP contribution in [0, 0.1) is 0 Å². The molecule has 0 aromatic heterocycles. The van der Waals surface area contributed by atoms with Crippen LogP contribution in [-0.4, -0.2) is 44.4 Å². The third kappa shape index (κ3) is 5.61. The van der Waals surface area contributed by atoms with E-state index in [0.717, 1.165) is 11.4 Å². The summed E-state index contributed by atoms with van der Waals surface area (Å²) in [5, 5.41) is 12.8. The van der Waals surface area contributed by atoms with E-state index >= 15 is 0 Å². The second kappa shape index (κ2) is 7.63. The van der Waals surface area contributed by atoms with E-state index < -0.39 is 6.10 Å². The smallest absolute Gasteiger partial charge is 0.308 e. The van der Waals surface area contributed by atoms with Crippen molar-refractivity contribution in [1.29, 1.82) is 0 Å². The fourth-order valence-corrected chi connectivity index (χ4v) is 1.60. The molecule has 1 rings (SSSR count). The van der Waals surface area contributed by atoms with E-state index in [2.05, 4.69) is 5.32 Å². The Balaban J connectivity index is 2.37. The highest BCUT2D eigenvalue weighted by atomic mass is 16.5. The van der Waals surface area contributed by atoms with Crippen LogP contribution in [0.3, 0.4) is 0 Å². The highest BCUT2D eigenvalue weighted by Crippen LogP contribution is 2.15. The fourth-order valence-electron chi connectivity index (χ4n) is 1.60. The summed E-state index contributed by atoms with van der Waals surface area (Å²) in [5.74, 6) is -0.375. The van der Waals surface area contributed by atoms with Crippen molar-refractivity contribution in [3.63, 3.8) is 0 Å². The van der Waals surface area contributed by atoms with Crippen LogP contribution in [0.5, 0.6) is 0 Å². The topological polar surface area (TPSA) is 61.8 Å². The molecular weight excluding hydrogens is 244 g/mol. The molecule has 0 aliphatic carbocycles. The maximum Gasteiger partial charge on any atom is 0.308 e. The van der Waals surface area contributed by atoms with Crippen molar-refractivity contribution in [2.24, 2.45) is 0 Å². The second-order valence-corrected chi connectivity index (χ2v) is 4.49. The molecule has 19 heavy (non-hydrogen) atoms. The number of hydrogen-bond acceptors (Lipinski definition) is 5. The molecule has 0 amide bonds. The van der Waals surface area contributed by atoms with Gasteiger partial charge in [-0.1, -0.05) is 0 Å². The number of nitrogens with one attached hydrogen (secondary N) is 1. The van der Waals surface area contributed by atoms with E-state index in [1.807, 2.05) is 43.3 Å². The number of anilines is 2. The molecular formula is C14H22N2O3. The van der Waals surface area contributed by atoms with Crippen LogP contribution in [0.1, 0.15) is 13.3 Å². The Morgan fingerprint density at radius 2 is 2.00 bits per heavy atom. The first kappa shape index (κ1) is 15.3. The molecule has 1 aromatic carbocycles. The zero-order valence-corrected chi connectivity index (χ0v) is 11.7. The zero-order valence-electron chi connectivity index (χ0n) is 11.7. The highest BCUT2D eigenvalue weighted by Gasteiger charge is 2.11. The SMILES string of the molecule is CCOC(=O)CC(O)CNc1ccc(N(C)C)cc1. The summed E-state index contributed by atoms with van der Waals surface area (Å²) in [7, 11) is 3.96. The summed E-state index contributed by atoms with van der Waals surface area (Å²) in [6, 6.07) is 7.85. The molecule has 2 N–H and O–H groups in total. The lowest BCUT2D eigenvalue weighted by molar-refractivity contribution is -0.145. The first-order valence-corrected chi connectivity index (χ1v) is 6.38. The van der Waals surface area contributed by atoms with Crippen LogP contribution in [0.15, 0.2) is 24.3 Å². The van der Waals surface area contributed by atoms with Crippen molar-refractivity contribution in [3.05, 3.63) is 24.3 Å². The van der Waals surface area contributed by atoms with Crippen LogP contribution in [0.25, 0.3) is 0 Å². The van der Waals surface area contributed by atoms with Gasteiger partial charge >= 0.3 is 5.97 Å². The minimum atomic E-state index is -0.743. The van der Waals surface area contributed by atoms with Crippen molar-refractivity contribution >= 4 is 17.3 Å². The number of esters is 1. The van der Waals surface area contributed by atoms with Crippen LogP contribution in [-0.2, 0) is 9.53 Å². The maximum atomic E-state index is 11.2. The summed E-state index contributed by atoms with van der Waals surface area (Å²) >= 11 is 0. The zero-order chi connectivity index (χ0) is 14.3. The normalized spacial score (nSPS) is 11.8. The average Bonchev–Trinajstić information content (AvgIpc) is 2.37. The van der Waals surface area contributed by atoms with Crippen LogP contribution in [0.2, 0.25) is 0 Å². The molecule has 1 unspecified atom stereocenters. The number of rotatable bonds is 7. The Morgan fingerprint density at radius 3 is 2.53 bits per heavy atom. The predicted octanol–water partition coefficient (Wildman–Crippen LogP) is 1.48. The summed E-state index contributed by atoms with van der Waals surface area (Å²) in [6.45, 7) is 2.40. The molecule has 1 aromatic rings.